The lowest BCUT2D eigenvalue weighted by Crippen LogP contribution is -1.83. The first-order chi connectivity index (χ1) is 13.5. The van der Waals surface area contributed by atoms with Gasteiger partial charge in [-0.25, -0.2) is 0 Å². The summed E-state index contributed by atoms with van der Waals surface area (Å²) in [5.41, 5.74) is 0. The zero-order chi connectivity index (χ0) is 19.1. The summed E-state index contributed by atoms with van der Waals surface area (Å²) >= 11 is 0. The number of hydrogen-bond donors (Lipinski definition) is 0. The second kappa shape index (κ2) is 20.7. The molecular weight excluding hydrogens is 324 g/mol. The Hall–Kier alpha value is -1.56. The van der Waals surface area contributed by atoms with Crippen molar-refractivity contribution in [2.75, 3.05) is 0 Å². The molecule has 0 aliphatic heterocycles. The molecule has 1 rings (SSSR count). The molecule has 0 N–H and O–H groups in total. The van der Waals surface area contributed by atoms with Gasteiger partial charge in [0.05, 0.1) is 0 Å². The maximum absolute atomic E-state index is 2.29. The topological polar surface area (TPSA) is 0 Å². The van der Waals surface area contributed by atoms with Gasteiger partial charge in [-0.05, 0) is 25.7 Å². The molecule has 0 fully saturated rings. The van der Waals surface area contributed by atoms with E-state index < -0.39 is 0 Å². The van der Waals surface area contributed by atoms with E-state index in [-0.39, 0.29) is 0 Å². The minimum atomic E-state index is 1.21. The normalized spacial score (nSPS) is 26.4. The highest BCUT2D eigenvalue weighted by atomic mass is 14.0. The number of allylic oxidation sites excluding steroid dienone is 12. The summed E-state index contributed by atoms with van der Waals surface area (Å²) in [4.78, 5) is 0. The molecule has 0 aromatic heterocycles. The first-order valence-corrected chi connectivity index (χ1v) is 11.5. The fraction of sp³-hybridized carbons (Fsp3) is 0.556. The summed E-state index contributed by atoms with van der Waals surface area (Å²) in [6.07, 6.45) is 46.5. The van der Waals surface area contributed by atoms with Crippen molar-refractivity contribution in [2.45, 2.75) is 96.3 Å². The Morgan fingerprint density at radius 2 is 0.444 bits per heavy atom. The van der Waals surface area contributed by atoms with Gasteiger partial charge in [-0.2, -0.15) is 0 Å². The van der Waals surface area contributed by atoms with Crippen LogP contribution in [0.3, 0.4) is 0 Å². The lowest BCUT2D eigenvalue weighted by Gasteiger charge is -2.03. The fourth-order valence-corrected chi connectivity index (χ4v) is 3.33. The van der Waals surface area contributed by atoms with E-state index in [1.165, 1.54) is 96.3 Å². The monoisotopic (exact) mass is 366 g/mol. The third-order valence-electron chi connectivity index (χ3n) is 5.01. The van der Waals surface area contributed by atoms with Gasteiger partial charge in [0.2, 0.25) is 0 Å². The van der Waals surface area contributed by atoms with Gasteiger partial charge >= 0.3 is 0 Å². The van der Waals surface area contributed by atoms with Crippen LogP contribution in [0.15, 0.2) is 72.9 Å². The minimum Gasteiger partial charge on any atom is -0.0845 e. The van der Waals surface area contributed by atoms with Crippen molar-refractivity contribution in [2.24, 2.45) is 0 Å². The maximum atomic E-state index is 2.29. The highest BCUT2D eigenvalue weighted by molar-refractivity contribution is 5.19. The number of hydrogen-bond acceptors (Lipinski definition) is 0. The Kier molecular flexibility index (Phi) is 18.0. The van der Waals surface area contributed by atoms with Crippen molar-refractivity contribution in [3.8, 4) is 0 Å². The molecule has 0 spiro atoms. The van der Waals surface area contributed by atoms with Crippen LogP contribution in [-0.4, -0.2) is 0 Å². The zero-order valence-electron chi connectivity index (χ0n) is 17.5. The number of rotatable bonds is 0. The fourth-order valence-electron chi connectivity index (χ4n) is 3.33. The second-order valence-electron chi connectivity index (χ2n) is 7.57. The smallest absolute Gasteiger partial charge is 0.0348 e. The highest BCUT2D eigenvalue weighted by Crippen LogP contribution is 2.13. The third kappa shape index (κ3) is 19.0. The lowest BCUT2D eigenvalue weighted by atomic mass is 10.0. The third-order valence-corrected chi connectivity index (χ3v) is 5.01. The average Bonchev–Trinajstić information content (AvgIpc) is 2.68. The summed E-state index contributed by atoms with van der Waals surface area (Å²) in [5, 5.41) is 0. The predicted molar refractivity (Wildman–Crippen MR) is 124 cm³/mol. The van der Waals surface area contributed by atoms with E-state index in [1.807, 2.05) is 0 Å². The molecule has 0 aromatic rings. The van der Waals surface area contributed by atoms with Crippen LogP contribution < -0.4 is 0 Å². The molecule has 0 nitrogen and oxygen atoms in total. The Balaban J connectivity index is 2.27. The molecule has 27 heavy (non-hydrogen) atoms. The summed E-state index contributed by atoms with van der Waals surface area (Å²) in [5.74, 6) is 0. The highest BCUT2D eigenvalue weighted by Gasteiger charge is 1.93. The van der Waals surface area contributed by atoms with Crippen LogP contribution in [0, 0.1) is 0 Å². The van der Waals surface area contributed by atoms with Crippen molar-refractivity contribution in [1.82, 2.24) is 0 Å². The van der Waals surface area contributed by atoms with Crippen LogP contribution in [0.4, 0.5) is 0 Å². The molecule has 0 unspecified atom stereocenters. The zero-order valence-corrected chi connectivity index (χ0v) is 17.5. The van der Waals surface area contributed by atoms with Gasteiger partial charge in [-0.1, -0.05) is 144 Å². The second-order valence-corrected chi connectivity index (χ2v) is 7.57. The van der Waals surface area contributed by atoms with E-state index >= 15 is 0 Å². The maximum Gasteiger partial charge on any atom is -0.0348 e. The minimum absolute atomic E-state index is 1.21. The quantitative estimate of drug-likeness (QED) is 0.401. The van der Waals surface area contributed by atoms with E-state index in [2.05, 4.69) is 72.9 Å². The summed E-state index contributed by atoms with van der Waals surface area (Å²) in [6, 6.07) is 0. The van der Waals surface area contributed by atoms with Crippen LogP contribution >= 0.6 is 0 Å². The van der Waals surface area contributed by atoms with Gasteiger partial charge < -0.3 is 0 Å². The van der Waals surface area contributed by atoms with Gasteiger partial charge in [-0.3, -0.25) is 0 Å². The van der Waals surface area contributed by atoms with Crippen LogP contribution in [-0.2, 0) is 0 Å². The molecule has 0 atom stereocenters. The summed E-state index contributed by atoms with van der Waals surface area (Å²) in [6.45, 7) is 0. The summed E-state index contributed by atoms with van der Waals surface area (Å²) < 4.78 is 0. The molecule has 0 amide bonds. The first kappa shape index (κ1) is 23.5. The molecule has 0 aromatic carbocycles. The molecule has 0 saturated carbocycles. The predicted octanol–water partition coefficient (Wildman–Crippen LogP) is 9.19. The van der Waals surface area contributed by atoms with E-state index in [0.717, 1.165) is 0 Å². The standard InChI is InChI=1S/C27H42/c1-2-4-6-8-10-12-14-16-18-20-22-24-26-27-25-23-21-19-17-15-13-11-9-7-5-3-1/h1-12H,13-27H2/b3-1+,4-2+,7-5-,8-6+,11-9+,12-10?. The Morgan fingerprint density at radius 1 is 0.222 bits per heavy atom. The molecule has 0 heteroatoms. The van der Waals surface area contributed by atoms with Gasteiger partial charge in [0.25, 0.3) is 0 Å². The Bertz CT molecular complexity index is 426. The van der Waals surface area contributed by atoms with Gasteiger partial charge in [0.1, 0.15) is 0 Å². The van der Waals surface area contributed by atoms with Gasteiger partial charge in [0.15, 0.2) is 0 Å². The van der Waals surface area contributed by atoms with E-state index in [9.17, 15) is 0 Å². The molecule has 1 aliphatic rings. The average molecular weight is 367 g/mol. The van der Waals surface area contributed by atoms with Gasteiger partial charge in [-0.15, -0.1) is 0 Å². The molecule has 0 radical (unpaired) electrons. The first-order valence-electron chi connectivity index (χ1n) is 11.5. The van der Waals surface area contributed by atoms with Crippen LogP contribution in [0.5, 0.6) is 0 Å². The molecular formula is C27H42. The molecule has 150 valence electrons. The summed E-state index contributed by atoms with van der Waals surface area (Å²) in [7, 11) is 0. The van der Waals surface area contributed by atoms with Crippen molar-refractivity contribution < 1.29 is 0 Å². The molecule has 0 saturated heterocycles. The Morgan fingerprint density at radius 3 is 0.741 bits per heavy atom. The van der Waals surface area contributed by atoms with Gasteiger partial charge in [0, 0.05) is 0 Å². The van der Waals surface area contributed by atoms with E-state index in [4.69, 9.17) is 0 Å². The molecule has 0 heterocycles. The van der Waals surface area contributed by atoms with E-state index in [0.29, 0.717) is 0 Å². The molecule has 0 bridgehead atoms. The van der Waals surface area contributed by atoms with Crippen molar-refractivity contribution >= 4 is 0 Å². The van der Waals surface area contributed by atoms with Crippen LogP contribution in [0.1, 0.15) is 96.3 Å². The lowest BCUT2D eigenvalue weighted by molar-refractivity contribution is 0.538. The molecule has 1 aliphatic carbocycles. The Labute approximate surface area is 169 Å². The van der Waals surface area contributed by atoms with Crippen LogP contribution in [0.2, 0.25) is 0 Å². The van der Waals surface area contributed by atoms with Crippen molar-refractivity contribution in [3.63, 3.8) is 0 Å². The van der Waals surface area contributed by atoms with Crippen LogP contribution in [0.25, 0.3) is 0 Å². The van der Waals surface area contributed by atoms with Crippen molar-refractivity contribution in [3.05, 3.63) is 72.9 Å². The largest absolute Gasteiger partial charge is 0.0845 e. The SMILES string of the molecule is C1=CCCCCCCCCCCCCCCC/C=C/C=C\C=C\C=C\C=C\1. The van der Waals surface area contributed by atoms with E-state index in [1.54, 1.807) is 0 Å². The van der Waals surface area contributed by atoms with Crippen molar-refractivity contribution in [1.29, 1.82) is 0 Å².